The summed E-state index contributed by atoms with van der Waals surface area (Å²) < 4.78 is 17.3. The van der Waals surface area contributed by atoms with E-state index in [4.69, 9.17) is 13.9 Å². The van der Waals surface area contributed by atoms with Crippen LogP contribution >= 0.6 is 0 Å². The molecule has 156 valence electrons. The first-order valence-corrected chi connectivity index (χ1v) is 10.2. The fourth-order valence-corrected chi connectivity index (χ4v) is 3.87. The van der Waals surface area contributed by atoms with Crippen molar-refractivity contribution in [2.45, 2.75) is 6.04 Å². The van der Waals surface area contributed by atoms with Crippen LogP contribution in [-0.4, -0.2) is 73.3 Å². The zero-order valence-electron chi connectivity index (χ0n) is 16.6. The predicted molar refractivity (Wildman–Crippen MR) is 112 cm³/mol. The standard InChI is InChI=1S/C22H24N4O4/c27-24-19-13-22(20-15-26-5-1-2-16(26)14-23-20)30-21-4-3-17(12-18(19)21)29-11-8-25-6-9-28-10-7-25/h1-4,12-16,27H,5-11H2. The van der Waals surface area contributed by atoms with Crippen molar-refractivity contribution in [3.63, 3.8) is 0 Å². The summed E-state index contributed by atoms with van der Waals surface area (Å²) in [4.78, 5) is 9.00. The number of morpholine rings is 1. The van der Waals surface area contributed by atoms with Crippen molar-refractivity contribution < 1.29 is 19.1 Å². The minimum absolute atomic E-state index is 0.202. The lowest BCUT2D eigenvalue weighted by Crippen LogP contribution is -2.38. The van der Waals surface area contributed by atoms with Crippen LogP contribution in [-0.2, 0) is 4.74 Å². The molecule has 0 saturated carbocycles. The van der Waals surface area contributed by atoms with Gasteiger partial charge in [-0.1, -0.05) is 17.3 Å². The van der Waals surface area contributed by atoms with E-state index in [0.717, 1.165) is 39.4 Å². The van der Waals surface area contributed by atoms with E-state index in [9.17, 15) is 5.21 Å². The molecule has 0 aliphatic carbocycles. The van der Waals surface area contributed by atoms with Crippen molar-refractivity contribution in [1.82, 2.24) is 9.80 Å². The van der Waals surface area contributed by atoms with Gasteiger partial charge < -0.3 is 24.0 Å². The van der Waals surface area contributed by atoms with E-state index in [-0.39, 0.29) is 6.04 Å². The Bertz CT molecular complexity index is 1080. The second-order valence-corrected chi connectivity index (χ2v) is 7.46. The molecule has 1 atom stereocenters. The van der Waals surface area contributed by atoms with E-state index in [0.29, 0.717) is 40.1 Å². The average Bonchev–Trinajstić information content (AvgIpc) is 3.27. The molecule has 1 N–H and O–H groups in total. The lowest BCUT2D eigenvalue weighted by molar-refractivity contribution is 0.0322. The van der Waals surface area contributed by atoms with Gasteiger partial charge in [0.2, 0.25) is 0 Å². The van der Waals surface area contributed by atoms with Gasteiger partial charge in [-0.25, -0.2) is 0 Å². The van der Waals surface area contributed by atoms with Gasteiger partial charge in [0.15, 0.2) is 5.76 Å². The maximum atomic E-state index is 9.59. The highest BCUT2D eigenvalue weighted by Crippen LogP contribution is 2.26. The molecule has 2 aromatic rings. The van der Waals surface area contributed by atoms with Crippen molar-refractivity contribution >= 4 is 22.9 Å². The Kier molecular flexibility index (Phi) is 5.25. The number of ether oxygens (including phenoxy) is 2. The van der Waals surface area contributed by atoms with Gasteiger partial charge in [0.25, 0.3) is 0 Å². The van der Waals surface area contributed by atoms with Crippen LogP contribution in [0.4, 0.5) is 0 Å². The molecule has 1 saturated heterocycles. The minimum Gasteiger partial charge on any atom is -0.492 e. The van der Waals surface area contributed by atoms with Gasteiger partial charge in [0, 0.05) is 44.7 Å². The van der Waals surface area contributed by atoms with Crippen molar-refractivity contribution in [3.05, 3.63) is 53.7 Å². The van der Waals surface area contributed by atoms with Crippen molar-refractivity contribution in [1.29, 1.82) is 0 Å². The zero-order valence-corrected chi connectivity index (χ0v) is 16.6. The van der Waals surface area contributed by atoms with Crippen molar-refractivity contribution in [3.8, 4) is 5.75 Å². The van der Waals surface area contributed by atoms with Crippen LogP contribution in [0.2, 0.25) is 0 Å². The first kappa shape index (κ1) is 18.9. The second kappa shape index (κ2) is 8.33. The Morgan fingerprint density at radius 3 is 3.00 bits per heavy atom. The van der Waals surface area contributed by atoms with Gasteiger partial charge >= 0.3 is 0 Å². The number of fused-ring (bicyclic) bond motifs is 2. The highest BCUT2D eigenvalue weighted by Gasteiger charge is 2.21. The van der Waals surface area contributed by atoms with Crippen LogP contribution in [0.5, 0.6) is 5.75 Å². The monoisotopic (exact) mass is 408 g/mol. The molecule has 0 radical (unpaired) electrons. The quantitative estimate of drug-likeness (QED) is 0.463. The molecule has 30 heavy (non-hydrogen) atoms. The number of benzene rings is 1. The summed E-state index contributed by atoms with van der Waals surface area (Å²) >= 11 is 0. The van der Waals surface area contributed by atoms with Crippen LogP contribution in [0.3, 0.4) is 0 Å². The van der Waals surface area contributed by atoms with Crippen LogP contribution in [0.25, 0.3) is 16.7 Å². The Labute approximate surface area is 174 Å². The summed E-state index contributed by atoms with van der Waals surface area (Å²) in [6.45, 7) is 5.69. The van der Waals surface area contributed by atoms with E-state index < -0.39 is 0 Å². The lowest BCUT2D eigenvalue weighted by atomic mass is 10.2. The number of hydrogen-bond donors (Lipinski definition) is 1. The Hall–Kier alpha value is -3.10. The minimum atomic E-state index is 0.202. The lowest BCUT2D eigenvalue weighted by Gasteiger charge is -2.26. The molecule has 0 bridgehead atoms. The highest BCUT2D eigenvalue weighted by molar-refractivity contribution is 5.83. The average molecular weight is 408 g/mol. The van der Waals surface area contributed by atoms with Gasteiger partial charge in [-0.2, -0.15) is 0 Å². The van der Waals surface area contributed by atoms with Gasteiger partial charge in [-0.05, 0) is 18.2 Å². The van der Waals surface area contributed by atoms with E-state index in [1.165, 1.54) is 0 Å². The molecule has 1 fully saturated rings. The maximum Gasteiger partial charge on any atom is 0.156 e. The molecular formula is C22H24N4O4. The normalized spacial score (nSPS) is 21.9. The molecular weight excluding hydrogens is 384 g/mol. The summed E-state index contributed by atoms with van der Waals surface area (Å²) in [6.07, 6.45) is 8.09. The molecule has 1 aromatic heterocycles. The highest BCUT2D eigenvalue weighted by atomic mass is 16.5. The topological polar surface area (TPSA) is 83.0 Å². The summed E-state index contributed by atoms with van der Waals surface area (Å²) in [6, 6.07) is 7.45. The second-order valence-electron chi connectivity index (χ2n) is 7.46. The Balaban J connectivity index is 1.36. The van der Waals surface area contributed by atoms with Crippen LogP contribution < -0.4 is 10.1 Å². The Morgan fingerprint density at radius 2 is 2.13 bits per heavy atom. The third-order valence-electron chi connectivity index (χ3n) is 5.54. The first-order valence-electron chi connectivity index (χ1n) is 10.2. The fourth-order valence-electron chi connectivity index (χ4n) is 3.87. The van der Waals surface area contributed by atoms with Crippen LogP contribution in [0, 0.1) is 0 Å². The molecule has 5 rings (SSSR count). The van der Waals surface area contributed by atoms with Crippen LogP contribution in [0.15, 0.2) is 57.2 Å². The smallest absolute Gasteiger partial charge is 0.156 e. The summed E-state index contributed by atoms with van der Waals surface area (Å²) in [7, 11) is 0. The molecule has 3 aliphatic heterocycles. The first-order chi connectivity index (χ1) is 14.8. The largest absolute Gasteiger partial charge is 0.492 e. The summed E-state index contributed by atoms with van der Waals surface area (Å²) in [5.74, 6) is 1.27. The summed E-state index contributed by atoms with van der Waals surface area (Å²) in [5, 5.41) is 14.2. The fraction of sp³-hybridized carbons (Fsp3) is 0.364. The summed E-state index contributed by atoms with van der Waals surface area (Å²) in [5.41, 5.74) is 1.31. The number of aliphatic imine (C=N–C) groups is 1. The SMILES string of the molecule is ON=c1cc(C2=CN3CC=CC3C=N2)oc2ccc(OCCN3CCOCC3)cc12. The van der Waals surface area contributed by atoms with Gasteiger partial charge in [-0.15, -0.1) is 0 Å². The number of nitrogens with zero attached hydrogens (tertiary/aromatic N) is 4. The number of rotatable bonds is 5. The third kappa shape index (κ3) is 3.83. The molecule has 8 nitrogen and oxygen atoms in total. The molecule has 1 unspecified atom stereocenters. The van der Waals surface area contributed by atoms with E-state index >= 15 is 0 Å². The van der Waals surface area contributed by atoms with E-state index in [2.05, 4.69) is 32.1 Å². The zero-order chi connectivity index (χ0) is 20.3. The van der Waals surface area contributed by atoms with Crippen molar-refractivity contribution in [2.75, 3.05) is 46.0 Å². The molecule has 3 aliphatic rings. The molecule has 0 amide bonds. The molecule has 1 aromatic carbocycles. The van der Waals surface area contributed by atoms with E-state index in [1.54, 1.807) is 6.07 Å². The van der Waals surface area contributed by atoms with Crippen LogP contribution in [0.1, 0.15) is 5.76 Å². The Morgan fingerprint density at radius 1 is 1.23 bits per heavy atom. The molecule has 4 heterocycles. The third-order valence-corrected chi connectivity index (χ3v) is 5.54. The maximum absolute atomic E-state index is 9.59. The number of hydrogen-bond acceptors (Lipinski definition) is 8. The predicted octanol–water partition coefficient (Wildman–Crippen LogP) is 2.06. The van der Waals surface area contributed by atoms with Crippen molar-refractivity contribution in [2.24, 2.45) is 10.1 Å². The van der Waals surface area contributed by atoms with E-state index in [1.807, 2.05) is 30.6 Å². The molecule has 0 spiro atoms. The molecule has 8 heteroatoms. The van der Waals surface area contributed by atoms with Gasteiger partial charge in [0.05, 0.1) is 24.6 Å². The van der Waals surface area contributed by atoms with Gasteiger partial charge in [0.1, 0.15) is 29.0 Å². The van der Waals surface area contributed by atoms with Gasteiger partial charge in [-0.3, -0.25) is 9.89 Å².